The monoisotopic (exact) mass is 309 g/mol. The third kappa shape index (κ3) is 3.74. The Kier molecular flexibility index (Phi) is 4.38. The van der Waals surface area contributed by atoms with E-state index in [1.54, 1.807) is 0 Å². The van der Waals surface area contributed by atoms with Crippen LogP contribution < -0.4 is 10.6 Å². The summed E-state index contributed by atoms with van der Waals surface area (Å²) < 4.78 is 5.45. The van der Waals surface area contributed by atoms with Crippen LogP contribution in [0.4, 0.5) is 4.79 Å². The van der Waals surface area contributed by atoms with Gasteiger partial charge in [-0.15, -0.1) is 0 Å². The number of ether oxygens (including phenoxy) is 1. The number of amides is 1. The average molecular weight is 309 g/mol. The van der Waals surface area contributed by atoms with Crippen molar-refractivity contribution in [1.82, 2.24) is 15.5 Å². The van der Waals surface area contributed by atoms with Gasteiger partial charge in [0.1, 0.15) is 5.60 Å². The Morgan fingerprint density at radius 3 is 2.59 bits per heavy atom. The minimum Gasteiger partial charge on any atom is -0.444 e. The summed E-state index contributed by atoms with van der Waals surface area (Å²) in [6.07, 6.45) is 3.69. The van der Waals surface area contributed by atoms with E-state index in [0.717, 1.165) is 13.1 Å². The molecule has 126 valence electrons. The van der Waals surface area contributed by atoms with Crippen LogP contribution in [0, 0.1) is 11.8 Å². The van der Waals surface area contributed by atoms with Crippen LogP contribution in [0.15, 0.2) is 0 Å². The van der Waals surface area contributed by atoms with E-state index in [4.69, 9.17) is 4.74 Å². The fourth-order valence-corrected chi connectivity index (χ4v) is 4.03. The molecule has 4 unspecified atom stereocenters. The second kappa shape index (κ2) is 6.00. The highest BCUT2D eigenvalue weighted by molar-refractivity contribution is 5.69. The van der Waals surface area contributed by atoms with Crippen molar-refractivity contribution < 1.29 is 9.53 Å². The van der Waals surface area contributed by atoms with Gasteiger partial charge in [-0.2, -0.15) is 0 Å². The predicted octanol–water partition coefficient (Wildman–Crippen LogP) is 1.97. The van der Waals surface area contributed by atoms with Crippen LogP contribution >= 0.6 is 0 Å². The highest BCUT2D eigenvalue weighted by Crippen LogP contribution is 2.46. The molecule has 4 atom stereocenters. The molecular weight excluding hydrogens is 278 g/mol. The predicted molar refractivity (Wildman–Crippen MR) is 86.8 cm³/mol. The van der Waals surface area contributed by atoms with Crippen LogP contribution in [0.3, 0.4) is 0 Å². The van der Waals surface area contributed by atoms with Crippen LogP contribution in [-0.4, -0.2) is 54.4 Å². The molecule has 5 nitrogen and oxygen atoms in total. The molecule has 0 aromatic carbocycles. The van der Waals surface area contributed by atoms with Crippen molar-refractivity contribution in [3.05, 3.63) is 0 Å². The molecule has 0 bridgehead atoms. The van der Waals surface area contributed by atoms with Gasteiger partial charge in [-0.3, -0.25) is 0 Å². The van der Waals surface area contributed by atoms with E-state index in [-0.39, 0.29) is 6.09 Å². The summed E-state index contributed by atoms with van der Waals surface area (Å²) in [6, 6.07) is 1.86. The highest BCUT2D eigenvalue weighted by Gasteiger charge is 2.57. The molecule has 1 aliphatic carbocycles. The van der Waals surface area contributed by atoms with Gasteiger partial charge < -0.3 is 20.3 Å². The molecule has 3 rings (SSSR count). The SMILES string of the molecule is CC(CC1CCCN1)NC1C2CN(C(=O)OC(C)(C)C)CC21. The number of likely N-dealkylation sites (tertiary alicyclic amines) is 1. The number of nitrogens with zero attached hydrogens (tertiary/aromatic N) is 1. The molecule has 0 aromatic heterocycles. The molecule has 22 heavy (non-hydrogen) atoms. The van der Waals surface area contributed by atoms with E-state index in [1.807, 2.05) is 25.7 Å². The van der Waals surface area contributed by atoms with Crippen LogP contribution in [0.25, 0.3) is 0 Å². The molecule has 3 fully saturated rings. The maximum absolute atomic E-state index is 12.1. The zero-order chi connectivity index (χ0) is 15.9. The highest BCUT2D eigenvalue weighted by atomic mass is 16.6. The first-order valence-corrected chi connectivity index (χ1v) is 8.81. The lowest BCUT2D eigenvalue weighted by Crippen LogP contribution is -2.41. The number of hydrogen-bond donors (Lipinski definition) is 2. The fourth-order valence-electron chi connectivity index (χ4n) is 4.03. The standard InChI is InChI=1S/C17H31N3O2/c1-11(8-12-6-5-7-18-12)19-15-13-9-20(10-14(13)15)16(21)22-17(2,3)4/h11-15,18-19H,5-10H2,1-4H3. The van der Waals surface area contributed by atoms with Crippen LogP contribution in [0.1, 0.15) is 47.0 Å². The average Bonchev–Trinajstić information content (AvgIpc) is 2.86. The first-order valence-electron chi connectivity index (χ1n) is 8.81. The first-order chi connectivity index (χ1) is 10.3. The number of carbonyl (C=O) groups is 1. The Hall–Kier alpha value is -0.810. The Labute approximate surface area is 134 Å². The normalized spacial score (nSPS) is 35.4. The minimum absolute atomic E-state index is 0.151. The van der Waals surface area contributed by atoms with Gasteiger partial charge in [-0.05, 0) is 65.3 Å². The van der Waals surface area contributed by atoms with Crippen molar-refractivity contribution in [1.29, 1.82) is 0 Å². The number of rotatable bonds is 4. The second-order valence-electron chi connectivity index (χ2n) is 8.34. The molecule has 0 radical (unpaired) electrons. The molecule has 2 heterocycles. The van der Waals surface area contributed by atoms with Gasteiger partial charge in [0.25, 0.3) is 0 Å². The van der Waals surface area contributed by atoms with E-state index in [1.165, 1.54) is 25.8 Å². The molecule has 2 aliphatic heterocycles. The second-order valence-corrected chi connectivity index (χ2v) is 8.34. The number of fused-ring (bicyclic) bond motifs is 1. The van der Waals surface area contributed by atoms with Gasteiger partial charge in [-0.25, -0.2) is 4.79 Å². The molecule has 1 saturated carbocycles. The number of nitrogens with one attached hydrogen (secondary N) is 2. The van der Waals surface area contributed by atoms with E-state index in [9.17, 15) is 4.79 Å². The molecule has 0 spiro atoms. The number of carbonyl (C=O) groups excluding carboxylic acids is 1. The maximum Gasteiger partial charge on any atom is 0.410 e. The molecule has 0 aromatic rings. The van der Waals surface area contributed by atoms with Crippen molar-refractivity contribution in [3.63, 3.8) is 0 Å². The van der Waals surface area contributed by atoms with Crippen molar-refractivity contribution in [2.24, 2.45) is 11.8 Å². The van der Waals surface area contributed by atoms with Crippen molar-refractivity contribution in [2.45, 2.75) is 70.7 Å². The van der Waals surface area contributed by atoms with Crippen LogP contribution in [-0.2, 0) is 4.74 Å². The fraction of sp³-hybridized carbons (Fsp3) is 0.941. The van der Waals surface area contributed by atoms with Gasteiger partial charge in [0, 0.05) is 31.2 Å². The van der Waals surface area contributed by atoms with Gasteiger partial charge in [-0.1, -0.05) is 0 Å². The summed E-state index contributed by atoms with van der Waals surface area (Å²) in [6.45, 7) is 10.9. The summed E-state index contributed by atoms with van der Waals surface area (Å²) in [5, 5.41) is 7.34. The smallest absolute Gasteiger partial charge is 0.410 e. The van der Waals surface area contributed by atoms with E-state index in [0.29, 0.717) is 30.0 Å². The summed E-state index contributed by atoms with van der Waals surface area (Å²) >= 11 is 0. The molecule has 2 N–H and O–H groups in total. The largest absolute Gasteiger partial charge is 0.444 e. The molecular formula is C17H31N3O2. The maximum atomic E-state index is 12.1. The Morgan fingerprint density at radius 1 is 1.36 bits per heavy atom. The van der Waals surface area contributed by atoms with Gasteiger partial charge >= 0.3 is 6.09 Å². The topological polar surface area (TPSA) is 53.6 Å². The van der Waals surface area contributed by atoms with Crippen molar-refractivity contribution in [3.8, 4) is 0 Å². The Bertz CT molecular complexity index is 403. The van der Waals surface area contributed by atoms with E-state index in [2.05, 4.69) is 17.6 Å². The lowest BCUT2D eigenvalue weighted by molar-refractivity contribution is 0.0268. The van der Waals surface area contributed by atoms with Crippen LogP contribution in [0.2, 0.25) is 0 Å². The van der Waals surface area contributed by atoms with Crippen molar-refractivity contribution in [2.75, 3.05) is 19.6 Å². The van der Waals surface area contributed by atoms with E-state index >= 15 is 0 Å². The molecule has 2 saturated heterocycles. The van der Waals surface area contributed by atoms with Gasteiger partial charge in [0.05, 0.1) is 0 Å². The summed E-state index contributed by atoms with van der Waals surface area (Å²) in [7, 11) is 0. The first kappa shape index (κ1) is 16.1. The van der Waals surface area contributed by atoms with Gasteiger partial charge in [0.2, 0.25) is 0 Å². The Balaban J connectivity index is 1.38. The molecule has 1 amide bonds. The van der Waals surface area contributed by atoms with E-state index < -0.39 is 5.60 Å². The summed E-state index contributed by atoms with van der Waals surface area (Å²) in [5.41, 5.74) is -0.399. The lowest BCUT2D eigenvalue weighted by Gasteiger charge is -2.26. The summed E-state index contributed by atoms with van der Waals surface area (Å²) in [5.74, 6) is 1.26. The zero-order valence-electron chi connectivity index (χ0n) is 14.4. The lowest BCUT2D eigenvalue weighted by atomic mass is 10.1. The Morgan fingerprint density at radius 2 is 2.05 bits per heavy atom. The van der Waals surface area contributed by atoms with Gasteiger partial charge in [0.15, 0.2) is 0 Å². The third-order valence-electron chi connectivity index (χ3n) is 5.12. The number of piperidine rings is 1. The number of hydrogen-bond acceptors (Lipinski definition) is 4. The quantitative estimate of drug-likeness (QED) is 0.834. The molecule has 5 heteroatoms. The van der Waals surface area contributed by atoms with Crippen LogP contribution in [0.5, 0.6) is 0 Å². The summed E-state index contributed by atoms with van der Waals surface area (Å²) in [4.78, 5) is 13.9. The zero-order valence-corrected chi connectivity index (χ0v) is 14.4. The van der Waals surface area contributed by atoms with Crippen molar-refractivity contribution >= 4 is 6.09 Å². The third-order valence-corrected chi connectivity index (χ3v) is 5.12. The minimum atomic E-state index is -0.399. The molecule has 3 aliphatic rings.